The van der Waals surface area contributed by atoms with Crippen molar-refractivity contribution in [2.45, 2.75) is 20.3 Å². The second kappa shape index (κ2) is 5.73. The first-order valence-electron chi connectivity index (χ1n) is 5.77. The van der Waals surface area contributed by atoms with E-state index in [0.29, 0.717) is 6.54 Å². The summed E-state index contributed by atoms with van der Waals surface area (Å²) in [6.07, 6.45) is 2.55. The van der Waals surface area contributed by atoms with Gasteiger partial charge in [0, 0.05) is 31.5 Å². The Balaban J connectivity index is 2.04. The number of amides is 1. The summed E-state index contributed by atoms with van der Waals surface area (Å²) in [4.78, 5) is 19.6. The third kappa shape index (κ3) is 3.37. The van der Waals surface area contributed by atoms with Gasteiger partial charge in [0.25, 0.3) is 0 Å². The van der Waals surface area contributed by atoms with Crippen LogP contribution in [0.4, 0.5) is 0 Å². The van der Waals surface area contributed by atoms with E-state index >= 15 is 0 Å². The fraction of sp³-hybridized carbons (Fsp3) is 0.308. The SMILES string of the molecule is CC(=O)NCCc1nc(-c2cc(C)ccn2)cs1. The van der Waals surface area contributed by atoms with E-state index in [1.54, 1.807) is 17.5 Å². The lowest BCUT2D eigenvalue weighted by Gasteiger charge is -1.99. The zero-order valence-corrected chi connectivity index (χ0v) is 11.3. The Labute approximate surface area is 110 Å². The summed E-state index contributed by atoms with van der Waals surface area (Å²) < 4.78 is 0. The molecule has 0 bridgehead atoms. The van der Waals surface area contributed by atoms with Crippen molar-refractivity contribution in [1.29, 1.82) is 0 Å². The highest BCUT2D eigenvalue weighted by Crippen LogP contribution is 2.20. The van der Waals surface area contributed by atoms with Crippen LogP contribution in [0.2, 0.25) is 0 Å². The average molecular weight is 261 g/mol. The molecule has 0 unspecified atom stereocenters. The third-order valence-corrected chi connectivity index (χ3v) is 3.35. The highest BCUT2D eigenvalue weighted by molar-refractivity contribution is 7.09. The molecule has 94 valence electrons. The molecule has 0 saturated heterocycles. The molecule has 2 rings (SSSR count). The second-order valence-corrected chi connectivity index (χ2v) is 5.02. The summed E-state index contributed by atoms with van der Waals surface area (Å²) in [5.41, 5.74) is 2.98. The summed E-state index contributed by atoms with van der Waals surface area (Å²) in [5.74, 6) is -0.00729. The van der Waals surface area contributed by atoms with Crippen molar-refractivity contribution in [3.63, 3.8) is 0 Å². The van der Waals surface area contributed by atoms with Gasteiger partial charge in [-0.1, -0.05) is 0 Å². The van der Waals surface area contributed by atoms with Gasteiger partial charge < -0.3 is 5.32 Å². The maximum absolute atomic E-state index is 10.8. The van der Waals surface area contributed by atoms with Crippen LogP contribution >= 0.6 is 11.3 Å². The molecule has 1 N–H and O–H groups in total. The summed E-state index contributed by atoms with van der Waals surface area (Å²) in [7, 11) is 0. The van der Waals surface area contributed by atoms with Crippen LogP contribution in [0.5, 0.6) is 0 Å². The van der Waals surface area contributed by atoms with E-state index in [9.17, 15) is 4.79 Å². The number of nitrogens with one attached hydrogen (secondary N) is 1. The van der Waals surface area contributed by atoms with Crippen molar-refractivity contribution < 1.29 is 4.79 Å². The Morgan fingerprint density at radius 2 is 2.28 bits per heavy atom. The fourth-order valence-corrected chi connectivity index (χ4v) is 2.36. The average Bonchev–Trinajstić information content (AvgIpc) is 2.77. The standard InChI is InChI=1S/C13H15N3OS/c1-9-3-5-15-11(7-9)12-8-18-13(16-12)4-6-14-10(2)17/h3,5,7-8H,4,6H2,1-2H3,(H,14,17). The summed E-state index contributed by atoms with van der Waals surface area (Å²) in [6, 6.07) is 3.99. The molecule has 0 aliphatic heterocycles. The van der Waals surface area contributed by atoms with Crippen molar-refractivity contribution in [3.8, 4) is 11.4 Å². The molecular weight excluding hydrogens is 246 g/mol. The maximum atomic E-state index is 10.8. The first kappa shape index (κ1) is 12.7. The number of nitrogens with zero attached hydrogens (tertiary/aromatic N) is 2. The molecule has 0 radical (unpaired) electrons. The lowest BCUT2D eigenvalue weighted by atomic mass is 10.2. The van der Waals surface area contributed by atoms with Gasteiger partial charge in [-0.25, -0.2) is 4.98 Å². The van der Waals surface area contributed by atoms with Gasteiger partial charge >= 0.3 is 0 Å². The number of rotatable bonds is 4. The van der Waals surface area contributed by atoms with E-state index in [1.807, 2.05) is 24.4 Å². The molecule has 0 atom stereocenters. The molecule has 0 fully saturated rings. The molecule has 18 heavy (non-hydrogen) atoms. The van der Waals surface area contributed by atoms with Crippen LogP contribution in [0, 0.1) is 6.92 Å². The Hall–Kier alpha value is -1.75. The van der Waals surface area contributed by atoms with Gasteiger partial charge in [-0.3, -0.25) is 9.78 Å². The predicted octanol–water partition coefficient (Wildman–Crippen LogP) is 2.19. The number of aromatic nitrogens is 2. The van der Waals surface area contributed by atoms with Gasteiger partial charge in [0.05, 0.1) is 16.4 Å². The topological polar surface area (TPSA) is 54.9 Å². The Morgan fingerprint density at radius 3 is 3.00 bits per heavy atom. The van der Waals surface area contributed by atoms with Crippen LogP contribution in [0.1, 0.15) is 17.5 Å². The molecule has 5 heteroatoms. The van der Waals surface area contributed by atoms with Gasteiger partial charge in [0.15, 0.2) is 0 Å². The first-order chi connectivity index (χ1) is 8.65. The molecule has 1 amide bonds. The summed E-state index contributed by atoms with van der Waals surface area (Å²) in [5, 5.41) is 5.78. The quantitative estimate of drug-likeness (QED) is 0.918. The zero-order chi connectivity index (χ0) is 13.0. The van der Waals surface area contributed by atoms with Crippen LogP contribution in [0.3, 0.4) is 0 Å². The number of carbonyl (C=O) groups excluding carboxylic acids is 1. The van der Waals surface area contributed by atoms with E-state index in [0.717, 1.165) is 22.8 Å². The number of hydrogen-bond donors (Lipinski definition) is 1. The van der Waals surface area contributed by atoms with Crippen molar-refractivity contribution in [1.82, 2.24) is 15.3 Å². The molecule has 4 nitrogen and oxygen atoms in total. The van der Waals surface area contributed by atoms with E-state index in [-0.39, 0.29) is 5.91 Å². The molecule has 0 aromatic carbocycles. The van der Waals surface area contributed by atoms with E-state index in [4.69, 9.17) is 0 Å². The van der Waals surface area contributed by atoms with Crippen LogP contribution in [-0.4, -0.2) is 22.4 Å². The lowest BCUT2D eigenvalue weighted by Crippen LogP contribution is -2.22. The zero-order valence-electron chi connectivity index (χ0n) is 10.4. The van der Waals surface area contributed by atoms with Gasteiger partial charge in [-0.05, 0) is 24.6 Å². The Bertz CT molecular complexity index is 551. The van der Waals surface area contributed by atoms with Crippen LogP contribution in [-0.2, 0) is 11.2 Å². The molecule has 0 aliphatic carbocycles. The molecule has 2 aromatic rings. The highest BCUT2D eigenvalue weighted by Gasteiger charge is 2.05. The molecule has 2 heterocycles. The molecule has 0 aliphatic rings. The molecule has 0 spiro atoms. The second-order valence-electron chi connectivity index (χ2n) is 4.08. The van der Waals surface area contributed by atoms with Crippen molar-refractivity contribution in [3.05, 3.63) is 34.3 Å². The van der Waals surface area contributed by atoms with Crippen molar-refractivity contribution >= 4 is 17.2 Å². The van der Waals surface area contributed by atoms with Crippen molar-refractivity contribution in [2.24, 2.45) is 0 Å². The monoisotopic (exact) mass is 261 g/mol. The normalized spacial score (nSPS) is 10.3. The Morgan fingerprint density at radius 1 is 1.44 bits per heavy atom. The van der Waals surface area contributed by atoms with Gasteiger partial charge in [-0.2, -0.15) is 0 Å². The molecule has 0 saturated carbocycles. The molecular formula is C13H15N3OS. The summed E-state index contributed by atoms with van der Waals surface area (Å²) in [6.45, 7) is 4.18. The van der Waals surface area contributed by atoms with Crippen LogP contribution < -0.4 is 5.32 Å². The number of carbonyl (C=O) groups is 1. The van der Waals surface area contributed by atoms with Gasteiger partial charge in [0.1, 0.15) is 0 Å². The predicted molar refractivity (Wildman–Crippen MR) is 72.5 cm³/mol. The summed E-state index contributed by atoms with van der Waals surface area (Å²) >= 11 is 1.60. The van der Waals surface area contributed by atoms with Gasteiger partial charge in [0.2, 0.25) is 5.91 Å². The highest BCUT2D eigenvalue weighted by atomic mass is 32.1. The maximum Gasteiger partial charge on any atom is 0.216 e. The number of aryl methyl sites for hydroxylation is 1. The van der Waals surface area contributed by atoms with Crippen LogP contribution in [0.25, 0.3) is 11.4 Å². The number of pyridine rings is 1. The smallest absolute Gasteiger partial charge is 0.216 e. The van der Waals surface area contributed by atoms with Crippen LogP contribution in [0.15, 0.2) is 23.7 Å². The fourth-order valence-electron chi connectivity index (χ4n) is 1.57. The number of thiazole rings is 1. The minimum Gasteiger partial charge on any atom is -0.356 e. The minimum absolute atomic E-state index is 0.00729. The molecule has 2 aromatic heterocycles. The lowest BCUT2D eigenvalue weighted by molar-refractivity contribution is -0.118. The van der Waals surface area contributed by atoms with E-state index in [2.05, 4.69) is 15.3 Å². The number of hydrogen-bond acceptors (Lipinski definition) is 4. The first-order valence-corrected chi connectivity index (χ1v) is 6.65. The minimum atomic E-state index is -0.00729. The van der Waals surface area contributed by atoms with E-state index in [1.165, 1.54) is 12.5 Å². The van der Waals surface area contributed by atoms with Crippen molar-refractivity contribution in [2.75, 3.05) is 6.54 Å². The third-order valence-electron chi connectivity index (χ3n) is 2.44. The largest absolute Gasteiger partial charge is 0.356 e. The van der Waals surface area contributed by atoms with E-state index < -0.39 is 0 Å². The van der Waals surface area contributed by atoms with Gasteiger partial charge in [-0.15, -0.1) is 11.3 Å². The Kier molecular flexibility index (Phi) is 4.04.